The molecule has 1 aliphatic heterocycles. The van der Waals surface area contributed by atoms with Crippen molar-refractivity contribution in [2.24, 2.45) is 0 Å². The van der Waals surface area contributed by atoms with Crippen molar-refractivity contribution in [2.75, 3.05) is 18.4 Å². The van der Waals surface area contributed by atoms with E-state index in [0.29, 0.717) is 24.1 Å². The molecule has 1 N–H and O–H groups in total. The molecular weight excluding hydrogens is 368 g/mol. The molecule has 0 atom stereocenters. The molecule has 2 fully saturated rings. The molecule has 1 saturated heterocycles. The molecule has 0 spiro atoms. The Kier molecular flexibility index (Phi) is 4.15. The molecule has 7 nitrogen and oxygen atoms in total. The maximum absolute atomic E-state index is 12.7. The summed E-state index contributed by atoms with van der Waals surface area (Å²) in [4.78, 5) is 12.8. The third-order valence-corrected chi connectivity index (χ3v) is 8.09. The average molecular weight is 385 g/mol. The van der Waals surface area contributed by atoms with E-state index in [4.69, 9.17) is 0 Å². The van der Waals surface area contributed by atoms with Gasteiger partial charge < -0.3 is 0 Å². The fourth-order valence-electron chi connectivity index (χ4n) is 2.67. The summed E-state index contributed by atoms with van der Waals surface area (Å²) in [6.07, 6.45) is 3.96. The van der Waals surface area contributed by atoms with E-state index in [2.05, 4.69) is 15.5 Å². The Balaban J connectivity index is 1.55. The summed E-state index contributed by atoms with van der Waals surface area (Å²) in [5, 5.41) is 13.7. The second kappa shape index (κ2) is 6.17. The Morgan fingerprint density at radius 2 is 2.00 bits per heavy atom. The third-order valence-electron chi connectivity index (χ3n) is 4.11. The van der Waals surface area contributed by atoms with Crippen molar-refractivity contribution in [3.63, 3.8) is 0 Å². The lowest BCUT2D eigenvalue weighted by atomic mass is 10.4. The SMILES string of the molecule is O=C(Nc1nnc(C2CC2)s1)c1sccc1S(=O)(=O)N1CCCC1. The standard InChI is InChI=1S/C14H16N4O3S3/c19-12(15-14-17-16-13(23-14)9-3-4-9)11-10(5-8-22-11)24(20,21)18-6-1-2-7-18/h5,8-9H,1-4,6-7H2,(H,15,17,19). The number of hydrogen-bond acceptors (Lipinski definition) is 7. The monoisotopic (exact) mass is 384 g/mol. The lowest BCUT2D eigenvalue weighted by Gasteiger charge is -2.15. The van der Waals surface area contributed by atoms with E-state index in [-0.39, 0.29) is 9.77 Å². The van der Waals surface area contributed by atoms with E-state index in [1.807, 2.05) is 0 Å². The van der Waals surface area contributed by atoms with Crippen LogP contribution in [0.4, 0.5) is 5.13 Å². The highest BCUT2D eigenvalue weighted by molar-refractivity contribution is 7.89. The maximum atomic E-state index is 12.7. The van der Waals surface area contributed by atoms with Crippen LogP contribution < -0.4 is 5.32 Å². The summed E-state index contributed by atoms with van der Waals surface area (Å²) >= 11 is 2.48. The number of thiophene rings is 1. The van der Waals surface area contributed by atoms with Gasteiger partial charge in [0.15, 0.2) is 0 Å². The molecule has 1 amide bonds. The molecule has 0 aromatic carbocycles. The van der Waals surface area contributed by atoms with E-state index in [0.717, 1.165) is 42.0 Å². The van der Waals surface area contributed by atoms with Crippen molar-refractivity contribution >= 4 is 43.7 Å². The molecule has 3 heterocycles. The molecule has 0 unspecified atom stereocenters. The largest absolute Gasteiger partial charge is 0.296 e. The van der Waals surface area contributed by atoms with Crippen molar-refractivity contribution in [2.45, 2.75) is 36.5 Å². The van der Waals surface area contributed by atoms with Crippen molar-refractivity contribution in [3.05, 3.63) is 21.3 Å². The molecular formula is C14H16N4O3S3. The highest BCUT2D eigenvalue weighted by Gasteiger charge is 2.32. The van der Waals surface area contributed by atoms with Crippen LogP contribution in [0.25, 0.3) is 0 Å². The Hall–Kier alpha value is -1.36. The molecule has 2 aliphatic rings. The molecule has 1 saturated carbocycles. The molecule has 0 bridgehead atoms. The summed E-state index contributed by atoms with van der Waals surface area (Å²) < 4.78 is 26.9. The maximum Gasteiger partial charge on any atom is 0.268 e. The van der Waals surface area contributed by atoms with Crippen LogP contribution >= 0.6 is 22.7 Å². The van der Waals surface area contributed by atoms with Crippen LogP contribution in [-0.4, -0.2) is 41.9 Å². The molecule has 4 rings (SSSR count). The van der Waals surface area contributed by atoms with Gasteiger partial charge in [-0.1, -0.05) is 11.3 Å². The van der Waals surface area contributed by atoms with Crippen LogP contribution in [0.2, 0.25) is 0 Å². The number of carbonyl (C=O) groups is 1. The Bertz CT molecular complexity index is 863. The molecule has 1 aliphatic carbocycles. The molecule has 24 heavy (non-hydrogen) atoms. The minimum Gasteiger partial charge on any atom is -0.296 e. The topological polar surface area (TPSA) is 92.3 Å². The van der Waals surface area contributed by atoms with Gasteiger partial charge in [0.25, 0.3) is 5.91 Å². The molecule has 2 aromatic heterocycles. The summed E-state index contributed by atoms with van der Waals surface area (Å²) in [6.45, 7) is 1.03. The number of anilines is 1. The number of sulfonamides is 1. The lowest BCUT2D eigenvalue weighted by molar-refractivity contribution is 0.102. The zero-order chi connectivity index (χ0) is 16.7. The summed E-state index contributed by atoms with van der Waals surface area (Å²) in [7, 11) is -3.61. The van der Waals surface area contributed by atoms with Crippen LogP contribution in [0.1, 0.15) is 46.3 Å². The second-order valence-electron chi connectivity index (χ2n) is 5.90. The minimum absolute atomic E-state index is 0.0823. The predicted molar refractivity (Wildman–Crippen MR) is 92.1 cm³/mol. The van der Waals surface area contributed by atoms with E-state index < -0.39 is 15.9 Å². The Labute approximate surface area is 147 Å². The van der Waals surface area contributed by atoms with Gasteiger partial charge in [0.2, 0.25) is 15.2 Å². The first-order valence-corrected chi connectivity index (χ1v) is 10.9. The van der Waals surface area contributed by atoms with E-state index in [1.165, 1.54) is 21.7 Å². The van der Waals surface area contributed by atoms with Gasteiger partial charge >= 0.3 is 0 Å². The molecule has 10 heteroatoms. The Morgan fingerprint density at radius 3 is 2.71 bits per heavy atom. The van der Waals surface area contributed by atoms with Crippen molar-refractivity contribution < 1.29 is 13.2 Å². The molecule has 2 aromatic rings. The number of aromatic nitrogens is 2. The predicted octanol–water partition coefficient (Wildman–Crippen LogP) is 2.51. The number of amides is 1. The van der Waals surface area contributed by atoms with E-state index >= 15 is 0 Å². The summed E-state index contributed by atoms with van der Waals surface area (Å²) in [6, 6.07) is 1.50. The van der Waals surface area contributed by atoms with Gasteiger partial charge in [0.1, 0.15) is 14.8 Å². The van der Waals surface area contributed by atoms with Crippen LogP contribution in [0.5, 0.6) is 0 Å². The fraction of sp³-hybridized carbons (Fsp3) is 0.500. The Morgan fingerprint density at radius 1 is 1.25 bits per heavy atom. The quantitative estimate of drug-likeness (QED) is 0.855. The number of hydrogen-bond donors (Lipinski definition) is 1. The van der Waals surface area contributed by atoms with Crippen LogP contribution in [-0.2, 0) is 10.0 Å². The van der Waals surface area contributed by atoms with E-state index in [1.54, 1.807) is 5.38 Å². The first-order valence-electron chi connectivity index (χ1n) is 7.78. The van der Waals surface area contributed by atoms with Gasteiger partial charge in [-0.15, -0.1) is 21.5 Å². The first-order chi connectivity index (χ1) is 11.6. The van der Waals surface area contributed by atoms with Crippen molar-refractivity contribution in [3.8, 4) is 0 Å². The average Bonchev–Trinajstić information content (AvgIpc) is 3.05. The molecule has 0 radical (unpaired) electrons. The summed E-state index contributed by atoms with van der Waals surface area (Å²) in [5.74, 6) is 0.0299. The van der Waals surface area contributed by atoms with Gasteiger partial charge in [-0.25, -0.2) is 8.42 Å². The van der Waals surface area contributed by atoms with E-state index in [9.17, 15) is 13.2 Å². The van der Waals surface area contributed by atoms with Gasteiger partial charge in [-0.2, -0.15) is 4.31 Å². The number of rotatable bonds is 5. The first kappa shape index (κ1) is 16.1. The van der Waals surface area contributed by atoms with Crippen LogP contribution in [0, 0.1) is 0 Å². The zero-order valence-electron chi connectivity index (χ0n) is 12.8. The van der Waals surface area contributed by atoms with Gasteiger partial charge in [-0.3, -0.25) is 10.1 Å². The number of nitrogens with one attached hydrogen (secondary N) is 1. The van der Waals surface area contributed by atoms with Gasteiger partial charge in [0, 0.05) is 19.0 Å². The highest BCUT2D eigenvalue weighted by atomic mass is 32.2. The number of nitrogens with zero attached hydrogens (tertiary/aromatic N) is 3. The molecule has 128 valence electrons. The lowest BCUT2D eigenvalue weighted by Crippen LogP contribution is -2.29. The normalized spacial score (nSPS) is 18.8. The fourth-order valence-corrected chi connectivity index (χ4v) is 6.39. The van der Waals surface area contributed by atoms with Crippen LogP contribution in [0.15, 0.2) is 16.3 Å². The number of carbonyl (C=O) groups excluding carboxylic acids is 1. The van der Waals surface area contributed by atoms with Crippen molar-refractivity contribution in [1.82, 2.24) is 14.5 Å². The zero-order valence-corrected chi connectivity index (χ0v) is 15.2. The summed E-state index contributed by atoms with van der Waals surface area (Å²) in [5.41, 5.74) is 0. The van der Waals surface area contributed by atoms with Gasteiger partial charge in [0.05, 0.1) is 0 Å². The van der Waals surface area contributed by atoms with Crippen molar-refractivity contribution in [1.29, 1.82) is 0 Å². The second-order valence-corrected chi connectivity index (χ2v) is 9.73. The minimum atomic E-state index is -3.61. The van der Waals surface area contributed by atoms with Crippen LogP contribution in [0.3, 0.4) is 0 Å². The van der Waals surface area contributed by atoms with Gasteiger partial charge in [-0.05, 0) is 37.1 Å². The smallest absolute Gasteiger partial charge is 0.268 e. The highest BCUT2D eigenvalue weighted by Crippen LogP contribution is 2.42. The third kappa shape index (κ3) is 2.99.